The molecule has 2 aliphatic rings. The highest BCUT2D eigenvalue weighted by Crippen LogP contribution is 2.43. The van der Waals surface area contributed by atoms with Gasteiger partial charge in [-0.3, -0.25) is 9.69 Å². The third-order valence-corrected chi connectivity index (χ3v) is 5.46. The molecule has 1 atom stereocenters. The van der Waals surface area contributed by atoms with E-state index in [1.807, 2.05) is 54.6 Å². The van der Waals surface area contributed by atoms with Crippen LogP contribution in [0.1, 0.15) is 22.1 Å². The van der Waals surface area contributed by atoms with Gasteiger partial charge in [-0.25, -0.2) is 0 Å². The number of rotatable bonds is 4. The third-order valence-electron chi connectivity index (χ3n) is 5.46. The lowest BCUT2D eigenvalue weighted by atomic mass is 10.0. The number of benzene rings is 3. The summed E-state index contributed by atoms with van der Waals surface area (Å²) in [5.41, 5.74) is 2.87. The number of hydrogen-bond donors (Lipinski definition) is 1. The minimum atomic E-state index is -0.472. The summed E-state index contributed by atoms with van der Waals surface area (Å²) >= 11 is 0. The fourth-order valence-corrected chi connectivity index (χ4v) is 3.95. The number of anilines is 2. The molecular formula is C24H22N2O5. The predicted molar refractivity (Wildman–Crippen MR) is 117 cm³/mol. The molecule has 2 aliphatic heterocycles. The minimum Gasteiger partial charge on any atom is -0.497 e. The third kappa shape index (κ3) is 3.28. The number of amides is 1. The lowest BCUT2D eigenvalue weighted by Crippen LogP contribution is -2.43. The zero-order valence-corrected chi connectivity index (χ0v) is 17.3. The van der Waals surface area contributed by atoms with E-state index >= 15 is 0 Å². The van der Waals surface area contributed by atoms with Gasteiger partial charge in [0.15, 0.2) is 11.5 Å². The lowest BCUT2D eigenvalue weighted by Gasteiger charge is -2.39. The van der Waals surface area contributed by atoms with Gasteiger partial charge in [0.25, 0.3) is 5.91 Å². The van der Waals surface area contributed by atoms with Crippen molar-refractivity contribution < 1.29 is 23.7 Å². The van der Waals surface area contributed by atoms with Crippen molar-refractivity contribution in [3.8, 4) is 23.0 Å². The van der Waals surface area contributed by atoms with Crippen molar-refractivity contribution in [2.75, 3.05) is 37.7 Å². The van der Waals surface area contributed by atoms with Crippen LogP contribution in [0.25, 0.3) is 0 Å². The van der Waals surface area contributed by atoms with Gasteiger partial charge in [0.1, 0.15) is 30.9 Å². The molecule has 3 aromatic carbocycles. The van der Waals surface area contributed by atoms with Crippen molar-refractivity contribution in [2.24, 2.45) is 0 Å². The molecule has 1 amide bonds. The van der Waals surface area contributed by atoms with Crippen molar-refractivity contribution in [2.45, 2.75) is 6.17 Å². The van der Waals surface area contributed by atoms with Crippen LogP contribution < -0.4 is 29.2 Å². The van der Waals surface area contributed by atoms with Gasteiger partial charge in [0, 0.05) is 11.8 Å². The summed E-state index contributed by atoms with van der Waals surface area (Å²) in [7, 11) is 3.17. The Labute approximate surface area is 180 Å². The molecule has 0 radical (unpaired) electrons. The average molecular weight is 418 g/mol. The van der Waals surface area contributed by atoms with E-state index in [-0.39, 0.29) is 5.91 Å². The van der Waals surface area contributed by atoms with Gasteiger partial charge in [-0.1, -0.05) is 18.2 Å². The molecule has 2 heterocycles. The summed E-state index contributed by atoms with van der Waals surface area (Å²) in [5.74, 6) is 2.42. The Kier molecular flexibility index (Phi) is 4.78. The first-order valence-corrected chi connectivity index (χ1v) is 10.0. The molecule has 0 aliphatic carbocycles. The minimum absolute atomic E-state index is 0.127. The van der Waals surface area contributed by atoms with E-state index in [2.05, 4.69) is 5.32 Å². The molecule has 0 aromatic heterocycles. The molecule has 7 heteroatoms. The van der Waals surface area contributed by atoms with Gasteiger partial charge in [-0.2, -0.15) is 0 Å². The Bertz CT molecular complexity index is 1150. The van der Waals surface area contributed by atoms with Crippen molar-refractivity contribution >= 4 is 17.3 Å². The highest BCUT2D eigenvalue weighted by Gasteiger charge is 2.36. The summed E-state index contributed by atoms with van der Waals surface area (Å²) in [5, 5.41) is 3.50. The van der Waals surface area contributed by atoms with Crippen LogP contribution in [0, 0.1) is 0 Å². The average Bonchev–Trinajstić information content (AvgIpc) is 2.83. The molecule has 31 heavy (non-hydrogen) atoms. The first-order chi connectivity index (χ1) is 15.2. The molecule has 0 fully saturated rings. The SMILES string of the molecule is COc1ccc(N2C(=O)c3ccccc3NC2c2ccc3c(c2)OCCO3)c(OC)c1. The van der Waals surface area contributed by atoms with Crippen LogP contribution in [0.15, 0.2) is 60.7 Å². The number of ether oxygens (including phenoxy) is 4. The Morgan fingerprint density at radius 3 is 2.55 bits per heavy atom. The van der Waals surface area contributed by atoms with E-state index < -0.39 is 6.17 Å². The molecule has 7 nitrogen and oxygen atoms in total. The van der Waals surface area contributed by atoms with Crippen LogP contribution in [-0.4, -0.2) is 33.3 Å². The Balaban J connectivity index is 1.65. The molecule has 1 unspecified atom stereocenters. The first kappa shape index (κ1) is 19.1. The van der Waals surface area contributed by atoms with Crippen LogP contribution >= 0.6 is 0 Å². The summed E-state index contributed by atoms with van der Waals surface area (Å²) in [6.07, 6.45) is -0.472. The standard InChI is InChI=1S/C24H22N2O5/c1-28-16-8-9-19(21(14-16)29-2)26-23(25-18-6-4-3-5-17(18)24(26)27)15-7-10-20-22(13-15)31-12-11-30-20/h3-10,13-14,23,25H,11-12H2,1-2H3. The van der Waals surface area contributed by atoms with E-state index in [1.165, 1.54) is 0 Å². The van der Waals surface area contributed by atoms with Crippen LogP contribution in [0.4, 0.5) is 11.4 Å². The quantitative estimate of drug-likeness (QED) is 0.683. The maximum atomic E-state index is 13.7. The van der Waals surface area contributed by atoms with Gasteiger partial charge in [-0.05, 0) is 42.0 Å². The topological polar surface area (TPSA) is 69.3 Å². The molecule has 0 saturated heterocycles. The van der Waals surface area contributed by atoms with Crippen molar-refractivity contribution in [3.63, 3.8) is 0 Å². The van der Waals surface area contributed by atoms with E-state index in [4.69, 9.17) is 18.9 Å². The van der Waals surface area contributed by atoms with Crippen LogP contribution in [0.2, 0.25) is 0 Å². The zero-order chi connectivity index (χ0) is 21.4. The van der Waals surface area contributed by atoms with E-state index in [0.29, 0.717) is 47.5 Å². The second-order valence-electron chi connectivity index (χ2n) is 7.21. The molecule has 0 spiro atoms. The lowest BCUT2D eigenvalue weighted by molar-refractivity contribution is 0.0974. The van der Waals surface area contributed by atoms with E-state index in [0.717, 1.165) is 11.3 Å². The van der Waals surface area contributed by atoms with Crippen molar-refractivity contribution in [1.82, 2.24) is 0 Å². The fraction of sp³-hybridized carbons (Fsp3) is 0.208. The maximum absolute atomic E-state index is 13.7. The number of carbonyl (C=O) groups is 1. The molecule has 1 N–H and O–H groups in total. The van der Waals surface area contributed by atoms with Crippen LogP contribution in [-0.2, 0) is 0 Å². The second-order valence-corrected chi connectivity index (χ2v) is 7.21. The molecular weight excluding hydrogens is 396 g/mol. The van der Waals surface area contributed by atoms with Crippen molar-refractivity contribution in [3.05, 3.63) is 71.8 Å². The number of carbonyl (C=O) groups excluding carboxylic acids is 1. The summed E-state index contributed by atoms with van der Waals surface area (Å²) in [6, 6.07) is 18.6. The number of fused-ring (bicyclic) bond motifs is 2. The molecule has 5 rings (SSSR count). The number of hydrogen-bond acceptors (Lipinski definition) is 6. The van der Waals surface area contributed by atoms with Gasteiger partial charge in [0.05, 0.1) is 25.5 Å². The monoisotopic (exact) mass is 418 g/mol. The van der Waals surface area contributed by atoms with E-state index in [1.54, 1.807) is 25.2 Å². The number of para-hydroxylation sites is 1. The van der Waals surface area contributed by atoms with E-state index in [9.17, 15) is 4.79 Å². The predicted octanol–water partition coefficient (Wildman–Crippen LogP) is 4.25. The Morgan fingerprint density at radius 1 is 0.935 bits per heavy atom. The largest absolute Gasteiger partial charge is 0.497 e. The van der Waals surface area contributed by atoms with Gasteiger partial charge >= 0.3 is 0 Å². The highest BCUT2D eigenvalue weighted by molar-refractivity contribution is 6.12. The maximum Gasteiger partial charge on any atom is 0.262 e. The molecule has 3 aromatic rings. The number of methoxy groups -OCH3 is 2. The van der Waals surface area contributed by atoms with Crippen LogP contribution in [0.5, 0.6) is 23.0 Å². The number of nitrogens with zero attached hydrogens (tertiary/aromatic N) is 1. The van der Waals surface area contributed by atoms with Crippen molar-refractivity contribution in [1.29, 1.82) is 0 Å². The second kappa shape index (κ2) is 7.75. The first-order valence-electron chi connectivity index (χ1n) is 10.0. The summed E-state index contributed by atoms with van der Waals surface area (Å²) in [6.45, 7) is 1.02. The molecule has 158 valence electrons. The Morgan fingerprint density at radius 2 is 1.74 bits per heavy atom. The number of nitrogens with one attached hydrogen (secondary N) is 1. The molecule has 0 bridgehead atoms. The molecule has 0 saturated carbocycles. The summed E-state index contributed by atoms with van der Waals surface area (Å²) < 4.78 is 22.4. The fourth-order valence-electron chi connectivity index (χ4n) is 3.95. The van der Waals surface area contributed by atoms with Gasteiger partial charge < -0.3 is 24.3 Å². The van der Waals surface area contributed by atoms with Gasteiger partial charge in [0.2, 0.25) is 0 Å². The zero-order valence-electron chi connectivity index (χ0n) is 17.3. The smallest absolute Gasteiger partial charge is 0.262 e. The van der Waals surface area contributed by atoms with Crippen LogP contribution in [0.3, 0.4) is 0 Å². The summed E-state index contributed by atoms with van der Waals surface area (Å²) in [4.78, 5) is 15.4. The van der Waals surface area contributed by atoms with Gasteiger partial charge in [-0.15, -0.1) is 0 Å². The Hall–Kier alpha value is -3.87. The highest BCUT2D eigenvalue weighted by atomic mass is 16.6. The normalized spacial score (nSPS) is 16.9.